The van der Waals surface area contributed by atoms with Crippen molar-refractivity contribution in [2.45, 2.75) is 69.6 Å². The van der Waals surface area contributed by atoms with E-state index in [9.17, 15) is 14.7 Å². The summed E-state index contributed by atoms with van der Waals surface area (Å²) in [5.41, 5.74) is 3.41. The number of hydrogen-bond acceptors (Lipinski definition) is 6. The number of anilines is 2. The third-order valence-corrected chi connectivity index (χ3v) is 12.8. The van der Waals surface area contributed by atoms with Crippen molar-refractivity contribution in [3.8, 4) is 0 Å². The Morgan fingerprint density at radius 3 is 2.78 bits per heavy atom. The highest BCUT2D eigenvalue weighted by Crippen LogP contribution is 2.60. The van der Waals surface area contributed by atoms with E-state index in [-0.39, 0.29) is 31.4 Å². The number of aromatic amines is 1. The molecule has 2 amide bonds. The molecule has 13 heteroatoms. The summed E-state index contributed by atoms with van der Waals surface area (Å²) < 4.78 is 24.8. The van der Waals surface area contributed by atoms with Crippen LogP contribution in [0, 0.1) is 5.92 Å². The number of nitrogens with one attached hydrogen (secondary N) is 2. The van der Waals surface area contributed by atoms with Gasteiger partial charge in [0.2, 0.25) is 14.3 Å². The normalized spacial score (nSPS) is 21.8. The molecule has 4 atom stereocenters. The summed E-state index contributed by atoms with van der Waals surface area (Å²) in [7, 11) is -3.36. The molecule has 10 nitrogen and oxygen atoms in total. The molecule has 2 aliphatic heterocycles. The summed E-state index contributed by atoms with van der Waals surface area (Å²) in [6.45, 7) is 5.88. The van der Waals surface area contributed by atoms with E-state index in [1.54, 1.807) is 41.0 Å². The number of carbonyl (C=O) groups excluding carboxylic acids is 2. The zero-order valence-corrected chi connectivity index (χ0v) is 30.0. The van der Waals surface area contributed by atoms with E-state index in [2.05, 4.69) is 20.6 Å². The van der Waals surface area contributed by atoms with Crippen molar-refractivity contribution >= 4 is 54.1 Å². The summed E-state index contributed by atoms with van der Waals surface area (Å²) in [5.74, 6) is -0.876. The molecule has 3 aromatic carbocycles. The third-order valence-electron chi connectivity index (χ3n) is 10.1. The van der Waals surface area contributed by atoms with Gasteiger partial charge in [0, 0.05) is 70.6 Å². The van der Waals surface area contributed by atoms with E-state index >= 15 is 4.11 Å². The van der Waals surface area contributed by atoms with E-state index in [4.69, 9.17) is 16.3 Å². The predicted octanol–water partition coefficient (Wildman–Crippen LogP) is 6.54. The second-order valence-corrected chi connectivity index (χ2v) is 18.1. The number of nitrogens with zero attached hydrogens (tertiary/aromatic N) is 4. The number of benzene rings is 3. The van der Waals surface area contributed by atoms with Gasteiger partial charge < -0.3 is 29.2 Å². The molecule has 1 spiro atoms. The Kier molecular flexibility index (Phi) is 9.14. The Morgan fingerprint density at radius 1 is 1.16 bits per heavy atom. The quantitative estimate of drug-likeness (QED) is 0.105. The van der Waals surface area contributed by atoms with Crippen molar-refractivity contribution in [2.75, 3.05) is 16.8 Å². The smallest absolute Gasteiger partial charge is 0.264 e. The van der Waals surface area contributed by atoms with Crippen molar-refractivity contribution < 1.29 is 23.5 Å². The first-order valence-electron chi connectivity index (χ1n) is 16.9. The number of para-hydroxylation sites is 1. The minimum Gasteiger partial charge on any atom is -0.396 e. The maximum absolute atomic E-state index is 16.2. The number of aliphatic hydroxyl groups is 1. The number of halogens is 2. The van der Waals surface area contributed by atoms with Crippen molar-refractivity contribution in [1.29, 1.82) is 0 Å². The Balaban J connectivity index is 1.13. The van der Waals surface area contributed by atoms with E-state index in [0.29, 0.717) is 47.0 Å². The monoisotopic (exact) mass is 714 g/mol. The van der Waals surface area contributed by atoms with Gasteiger partial charge in [0.05, 0.1) is 30.5 Å². The minimum atomic E-state index is -3.36. The van der Waals surface area contributed by atoms with Crippen LogP contribution in [0.3, 0.4) is 0 Å². The van der Waals surface area contributed by atoms with Gasteiger partial charge in [-0.2, -0.15) is 0 Å². The molecule has 0 unspecified atom stereocenters. The summed E-state index contributed by atoms with van der Waals surface area (Å²) >= 11 is 6.54. The van der Waals surface area contributed by atoms with Crippen LogP contribution in [0.25, 0.3) is 10.9 Å². The van der Waals surface area contributed by atoms with Crippen LogP contribution in [-0.4, -0.2) is 58.0 Å². The highest BCUT2D eigenvalue weighted by Gasteiger charge is 2.66. The molecule has 4 heterocycles. The number of ether oxygens (including phenoxy) is 1. The van der Waals surface area contributed by atoms with Gasteiger partial charge in [-0.25, -0.2) is 0 Å². The predicted molar refractivity (Wildman–Crippen MR) is 193 cm³/mol. The molecule has 5 aromatic rings. The molecule has 1 fully saturated rings. The minimum absolute atomic E-state index is 0.0283. The third kappa shape index (κ3) is 6.25. The van der Waals surface area contributed by atoms with Crippen molar-refractivity contribution in [3.63, 3.8) is 0 Å². The first kappa shape index (κ1) is 34.1. The van der Waals surface area contributed by atoms with Crippen LogP contribution in [0.1, 0.15) is 35.7 Å². The van der Waals surface area contributed by atoms with Crippen LogP contribution in [0.5, 0.6) is 0 Å². The molecular formula is C37H40ClFN6O4Si. The van der Waals surface area contributed by atoms with Crippen LogP contribution < -0.4 is 10.2 Å². The van der Waals surface area contributed by atoms with Crippen LogP contribution in [-0.2, 0) is 45.9 Å². The average Bonchev–Trinajstić information content (AvgIpc) is 3.82. The highest BCUT2D eigenvalue weighted by molar-refractivity contribution is 6.72. The van der Waals surface area contributed by atoms with Gasteiger partial charge in [0.1, 0.15) is 0 Å². The Labute approximate surface area is 295 Å². The molecule has 1 saturated heterocycles. The van der Waals surface area contributed by atoms with E-state index in [0.717, 1.165) is 22.0 Å². The Morgan fingerprint density at radius 2 is 1.98 bits per heavy atom. The number of aliphatic hydroxyl groups excluding tert-OH is 1. The van der Waals surface area contributed by atoms with Gasteiger partial charge in [-0.05, 0) is 67.0 Å². The molecule has 260 valence electrons. The van der Waals surface area contributed by atoms with Gasteiger partial charge in [-0.1, -0.05) is 54.1 Å². The number of amides is 2. The van der Waals surface area contributed by atoms with Crippen LogP contribution in [0.15, 0.2) is 79.1 Å². The number of rotatable bonds is 11. The number of aromatic nitrogens is 4. The molecular weight excluding hydrogens is 675 g/mol. The molecule has 0 radical (unpaired) electrons. The van der Waals surface area contributed by atoms with E-state index < -0.39 is 31.6 Å². The molecule has 2 aliphatic rings. The second-order valence-electron chi connectivity index (χ2n) is 13.8. The molecule has 0 bridgehead atoms. The molecule has 50 heavy (non-hydrogen) atoms. The van der Waals surface area contributed by atoms with Gasteiger partial charge in [-0.15, -0.1) is 5.10 Å². The number of aryl methyl sites for hydroxylation is 1. The average molecular weight is 715 g/mol. The summed E-state index contributed by atoms with van der Waals surface area (Å²) in [5, 5.41) is 22.0. The van der Waals surface area contributed by atoms with Gasteiger partial charge in [-0.3, -0.25) is 14.3 Å². The standard InChI is InChI=1S/C37H40ClFN6O4Si/c1-23-35(50(2,3)39)33(13-15-44-22-28(14-16-46)42-43-44)49-37(23)30-19-26(38)11-12-32(30)45(36(37)48)21-24-7-6-8-27(17-24)41-34(47)18-25-20-40-31-10-5-4-9-29(25)31/h4-12,17,19-20,22-23,33,35,40,46H,13-16,18,21H2,1-3H3,(H,41,47)/t23-,33+,35-,37+/m0/s1. The molecule has 7 rings (SSSR count). The van der Waals surface area contributed by atoms with Crippen molar-refractivity contribution in [3.05, 3.63) is 107 Å². The Hall–Kier alpha value is -4.36. The van der Waals surface area contributed by atoms with Crippen LogP contribution in [0.4, 0.5) is 15.5 Å². The van der Waals surface area contributed by atoms with Crippen molar-refractivity contribution in [1.82, 2.24) is 20.0 Å². The second kappa shape index (κ2) is 13.4. The first-order valence-corrected chi connectivity index (χ1v) is 20.2. The van der Waals surface area contributed by atoms with Gasteiger partial charge in [0.15, 0.2) is 5.60 Å². The van der Waals surface area contributed by atoms with E-state index in [1.165, 1.54) is 0 Å². The summed E-state index contributed by atoms with van der Waals surface area (Å²) in [4.78, 5) is 32.7. The number of fused-ring (bicyclic) bond motifs is 3. The van der Waals surface area contributed by atoms with E-state index in [1.807, 2.05) is 67.7 Å². The number of carbonyl (C=O) groups is 2. The lowest BCUT2D eigenvalue weighted by molar-refractivity contribution is -0.146. The summed E-state index contributed by atoms with van der Waals surface area (Å²) in [6.07, 6.45) is 4.12. The van der Waals surface area contributed by atoms with Gasteiger partial charge in [0.25, 0.3) is 5.91 Å². The van der Waals surface area contributed by atoms with Gasteiger partial charge >= 0.3 is 0 Å². The highest BCUT2D eigenvalue weighted by atomic mass is 35.5. The fraction of sp³-hybridized carbons (Fsp3) is 0.351. The lowest BCUT2D eigenvalue weighted by atomic mass is 9.82. The number of H-pyrrole nitrogens is 1. The maximum Gasteiger partial charge on any atom is 0.264 e. The summed E-state index contributed by atoms with van der Waals surface area (Å²) in [6, 6.07) is 20.7. The zero-order valence-electron chi connectivity index (χ0n) is 28.2. The topological polar surface area (TPSA) is 125 Å². The molecule has 3 N–H and O–H groups in total. The lowest BCUT2D eigenvalue weighted by Crippen LogP contribution is -2.45. The Bertz CT molecular complexity index is 2060. The first-order chi connectivity index (χ1) is 24.0. The van der Waals surface area contributed by atoms with Crippen LogP contribution >= 0.6 is 11.6 Å². The molecule has 0 saturated carbocycles. The maximum atomic E-state index is 16.2. The fourth-order valence-electron chi connectivity index (χ4n) is 7.97. The largest absolute Gasteiger partial charge is 0.396 e. The zero-order chi connectivity index (χ0) is 35.2. The molecule has 2 aromatic heterocycles. The number of hydrogen-bond donors (Lipinski definition) is 3. The SMILES string of the molecule is C[C@H]1[C@H]([Si](C)(C)F)[C@@H](CCn2cc(CCO)nn2)O[C@]12C(=O)N(Cc1cccc(NC(=O)Cc3c[nH]c4ccccc34)c1)c1ccc(Cl)cc12. The fourth-order valence-corrected chi connectivity index (χ4v) is 10.7. The van der Waals surface area contributed by atoms with Crippen molar-refractivity contribution in [2.24, 2.45) is 5.92 Å². The lowest BCUT2D eigenvalue weighted by Gasteiger charge is -2.31. The van der Waals surface area contributed by atoms with Crippen LogP contribution in [0.2, 0.25) is 23.7 Å². The molecule has 0 aliphatic carbocycles.